The topological polar surface area (TPSA) is 74.2 Å². The van der Waals surface area contributed by atoms with E-state index >= 15 is 0 Å². The third-order valence-electron chi connectivity index (χ3n) is 2.60. The van der Waals surface area contributed by atoms with Crippen LogP contribution in [0.1, 0.15) is 24.6 Å². The summed E-state index contributed by atoms with van der Waals surface area (Å²) in [4.78, 5) is 4.27. The van der Waals surface area contributed by atoms with Crippen LogP contribution >= 0.6 is 0 Å². The molecule has 18 heavy (non-hydrogen) atoms. The molecular weight excluding hydrogens is 230 g/mol. The summed E-state index contributed by atoms with van der Waals surface area (Å²) < 4.78 is 10.7. The summed E-state index contributed by atoms with van der Waals surface area (Å²) in [6, 6.07) is 9.65. The molecule has 1 heterocycles. The Morgan fingerprint density at radius 1 is 1.33 bits per heavy atom. The Labute approximate surface area is 106 Å². The van der Waals surface area contributed by atoms with E-state index in [9.17, 15) is 0 Å². The van der Waals surface area contributed by atoms with Crippen LogP contribution in [0.3, 0.4) is 0 Å². The summed E-state index contributed by atoms with van der Waals surface area (Å²) in [6.45, 7) is 2.99. The zero-order valence-electron chi connectivity index (χ0n) is 10.4. The van der Waals surface area contributed by atoms with Gasteiger partial charge in [-0.3, -0.25) is 0 Å². The van der Waals surface area contributed by atoms with Crippen LogP contribution in [-0.4, -0.2) is 23.3 Å². The van der Waals surface area contributed by atoms with Crippen molar-refractivity contribution in [3.63, 3.8) is 0 Å². The molecule has 2 rings (SSSR count). The number of para-hydroxylation sites is 1. The van der Waals surface area contributed by atoms with Crippen molar-refractivity contribution < 1.29 is 9.26 Å². The Balaban J connectivity index is 1.82. The van der Waals surface area contributed by atoms with Crippen molar-refractivity contribution in [3.05, 3.63) is 42.0 Å². The van der Waals surface area contributed by atoms with Gasteiger partial charge in [0.05, 0.1) is 6.61 Å². The van der Waals surface area contributed by atoms with Crippen molar-refractivity contribution in [3.8, 4) is 5.75 Å². The lowest BCUT2D eigenvalue weighted by molar-refractivity contribution is 0.312. The average Bonchev–Trinajstić information content (AvgIpc) is 2.88. The van der Waals surface area contributed by atoms with Gasteiger partial charge < -0.3 is 15.0 Å². The molecule has 1 atom stereocenters. The Bertz CT molecular complexity index is 470. The summed E-state index contributed by atoms with van der Waals surface area (Å²) in [5, 5.41) is 3.89. The van der Waals surface area contributed by atoms with Gasteiger partial charge in [-0.1, -0.05) is 30.3 Å². The number of benzene rings is 1. The number of hydrogen-bond acceptors (Lipinski definition) is 5. The molecule has 0 saturated carbocycles. The maximum Gasteiger partial charge on any atom is 0.230 e. The number of nitrogens with two attached hydrogens (primary N) is 1. The lowest BCUT2D eigenvalue weighted by Crippen LogP contribution is -2.09. The second-order valence-electron chi connectivity index (χ2n) is 4.10. The first-order valence-electron chi connectivity index (χ1n) is 6.00. The normalized spacial score (nSPS) is 12.3. The van der Waals surface area contributed by atoms with E-state index in [1.165, 1.54) is 0 Å². The van der Waals surface area contributed by atoms with Crippen molar-refractivity contribution in [1.82, 2.24) is 10.1 Å². The minimum Gasteiger partial charge on any atom is -0.493 e. The first-order chi connectivity index (χ1) is 8.79. The summed E-state index contributed by atoms with van der Waals surface area (Å²) >= 11 is 0. The van der Waals surface area contributed by atoms with Crippen LogP contribution in [0.25, 0.3) is 0 Å². The molecule has 0 aliphatic carbocycles. The third-order valence-corrected chi connectivity index (χ3v) is 2.60. The molecule has 1 unspecified atom stereocenters. The molecule has 96 valence electrons. The lowest BCUT2D eigenvalue weighted by atomic mass is 10.2. The van der Waals surface area contributed by atoms with E-state index in [4.69, 9.17) is 15.0 Å². The molecule has 0 aliphatic heterocycles. The van der Waals surface area contributed by atoms with Crippen molar-refractivity contribution in [2.45, 2.75) is 19.3 Å². The highest BCUT2D eigenvalue weighted by Crippen LogP contribution is 2.12. The van der Waals surface area contributed by atoms with Gasteiger partial charge in [0, 0.05) is 18.9 Å². The second-order valence-corrected chi connectivity index (χ2v) is 4.10. The quantitative estimate of drug-likeness (QED) is 0.841. The highest BCUT2D eigenvalue weighted by atomic mass is 16.5. The zero-order chi connectivity index (χ0) is 12.8. The molecule has 2 N–H and O–H groups in total. The van der Waals surface area contributed by atoms with Crippen LogP contribution in [0.2, 0.25) is 0 Å². The van der Waals surface area contributed by atoms with Crippen LogP contribution < -0.4 is 10.5 Å². The number of ether oxygens (including phenoxy) is 1. The molecule has 5 nitrogen and oxygen atoms in total. The van der Waals surface area contributed by atoms with Gasteiger partial charge in [0.15, 0.2) is 5.82 Å². The molecule has 0 fully saturated rings. The molecule has 1 aromatic carbocycles. The van der Waals surface area contributed by atoms with Crippen molar-refractivity contribution in [2.24, 2.45) is 5.73 Å². The Kier molecular flexibility index (Phi) is 4.30. The zero-order valence-corrected chi connectivity index (χ0v) is 10.4. The van der Waals surface area contributed by atoms with Crippen molar-refractivity contribution in [1.29, 1.82) is 0 Å². The molecule has 2 aromatic rings. The van der Waals surface area contributed by atoms with E-state index in [0.29, 0.717) is 31.3 Å². The van der Waals surface area contributed by atoms with E-state index < -0.39 is 0 Å². The van der Waals surface area contributed by atoms with Crippen LogP contribution in [0.15, 0.2) is 34.9 Å². The summed E-state index contributed by atoms with van der Waals surface area (Å²) in [6.07, 6.45) is 0.621. The number of rotatable bonds is 6. The molecular formula is C13H17N3O2. The number of nitrogens with zero attached hydrogens (tertiary/aromatic N) is 2. The fourth-order valence-corrected chi connectivity index (χ4v) is 1.45. The first kappa shape index (κ1) is 12.6. The van der Waals surface area contributed by atoms with E-state index in [1.54, 1.807) is 0 Å². The van der Waals surface area contributed by atoms with Gasteiger partial charge in [-0.25, -0.2) is 0 Å². The lowest BCUT2D eigenvalue weighted by Gasteiger charge is -2.03. The van der Waals surface area contributed by atoms with E-state index in [1.807, 2.05) is 37.3 Å². The van der Waals surface area contributed by atoms with Gasteiger partial charge in [-0.15, -0.1) is 0 Å². The van der Waals surface area contributed by atoms with Crippen LogP contribution in [0.5, 0.6) is 5.75 Å². The molecule has 0 radical (unpaired) electrons. The van der Waals surface area contributed by atoms with E-state index in [-0.39, 0.29) is 5.92 Å². The Morgan fingerprint density at radius 2 is 2.11 bits per heavy atom. The Morgan fingerprint density at radius 3 is 2.83 bits per heavy atom. The highest BCUT2D eigenvalue weighted by Gasteiger charge is 2.12. The van der Waals surface area contributed by atoms with Gasteiger partial charge in [0.2, 0.25) is 5.89 Å². The molecule has 0 amide bonds. The molecule has 1 aromatic heterocycles. The van der Waals surface area contributed by atoms with Crippen LogP contribution in [0.4, 0.5) is 0 Å². The monoisotopic (exact) mass is 247 g/mol. The van der Waals surface area contributed by atoms with Crippen molar-refractivity contribution >= 4 is 0 Å². The maximum atomic E-state index is 5.56. The number of aromatic nitrogens is 2. The molecule has 0 saturated heterocycles. The van der Waals surface area contributed by atoms with Gasteiger partial charge in [-0.05, 0) is 12.1 Å². The van der Waals surface area contributed by atoms with Gasteiger partial charge in [0.1, 0.15) is 5.75 Å². The summed E-state index contributed by atoms with van der Waals surface area (Å²) in [7, 11) is 0. The predicted octanol–water partition coefficient (Wildman–Crippen LogP) is 1.75. The van der Waals surface area contributed by atoms with Crippen LogP contribution in [0, 0.1) is 0 Å². The van der Waals surface area contributed by atoms with E-state index in [2.05, 4.69) is 10.1 Å². The standard InChI is InChI=1S/C13H17N3O2/c1-10(9-14)13-15-12(16-18-13)7-8-17-11-5-3-2-4-6-11/h2-6,10H,7-9,14H2,1H3. The Hall–Kier alpha value is -1.88. The molecule has 0 aliphatic rings. The second kappa shape index (κ2) is 6.16. The predicted molar refractivity (Wildman–Crippen MR) is 67.4 cm³/mol. The minimum atomic E-state index is 0.0984. The maximum absolute atomic E-state index is 5.56. The van der Waals surface area contributed by atoms with Gasteiger partial charge in [0.25, 0.3) is 0 Å². The summed E-state index contributed by atoms with van der Waals surface area (Å²) in [5.74, 6) is 2.19. The van der Waals surface area contributed by atoms with E-state index in [0.717, 1.165) is 5.75 Å². The molecule has 0 bridgehead atoms. The first-order valence-corrected chi connectivity index (χ1v) is 6.00. The minimum absolute atomic E-state index is 0.0984. The summed E-state index contributed by atoms with van der Waals surface area (Å²) in [5.41, 5.74) is 5.54. The smallest absolute Gasteiger partial charge is 0.230 e. The van der Waals surface area contributed by atoms with Crippen molar-refractivity contribution in [2.75, 3.05) is 13.2 Å². The third kappa shape index (κ3) is 3.30. The average molecular weight is 247 g/mol. The number of hydrogen-bond donors (Lipinski definition) is 1. The van der Waals surface area contributed by atoms with Gasteiger partial charge in [-0.2, -0.15) is 4.98 Å². The van der Waals surface area contributed by atoms with Gasteiger partial charge >= 0.3 is 0 Å². The molecule has 5 heteroatoms. The fraction of sp³-hybridized carbons (Fsp3) is 0.385. The fourth-order valence-electron chi connectivity index (χ4n) is 1.45. The van der Waals surface area contributed by atoms with Crippen LogP contribution in [-0.2, 0) is 6.42 Å². The largest absolute Gasteiger partial charge is 0.493 e. The highest BCUT2D eigenvalue weighted by molar-refractivity contribution is 5.20. The SMILES string of the molecule is CC(CN)c1nc(CCOc2ccccc2)no1. The molecule has 0 spiro atoms.